The van der Waals surface area contributed by atoms with Crippen LogP contribution in [0.4, 0.5) is 0 Å². The van der Waals surface area contributed by atoms with Gasteiger partial charge in [0.15, 0.2) is 0 Å². The molecule has 0 atom stereocenters. The average Bonchev–Trinajstić information content (AvgIpc) is 2.59. The molecule has 1 amide bonds. The van der Waals surface area contributed by atoms with Gasteiger partial charge < -0.3 is 14.7 Å². The molecule has 5 nitrogen and oxygen atoms in total. The summed E-state index contributed by atoms with van der Waals surface area (Å²) in [5.74, 6) is -0.0785. The number of carboxylic acid groups (broad SMARTS) is 1. The van der Waals surface area contributed by atoms with Crippen LogP contribution in [0.3, 0.4) is 0 Å². The summed E-state index contributed by atoms with van der Waals surface area (Å²) >= 11 is 1.40. The fraction of sp³-hybridized carbons (Fsp3) is 0.529. The van der Waals surface area contributed by atoms with E-state index in [1.807, 2.05) is 24.3 Å². The second-order valence-electron chi connectivity index (χ2n) is 5.82. The van der Waals surface area contributed by atoms with E-state index in [9.17, 15) is 14.7 Å². The molecule has 1 aromatic rings. The summed E-state index contributed by atoms with van der Waals surface area (Å²) in [6.45, 7) is 0. The molecule has 0 heterocycles. The van der Waals surface area contributed by atoms with Gasteiger partial charge in [-0.2, -0.15) is 0 Å². The zero-order valence-corrected chi connectivity index (χ0v) is 14.4. The fourth-order valence-corrected chi connectivity index (χ4v) is 3.86. The van der Waals surface area contributed by atoms with Crippen molar-refractivity contribution in [2.24, 2.45) is 0 Å². The molecule has 126 valence electrons. The molecule has 0 saturated heterocycles. The van der Waals surface area contributed by atoms with Crippen molar-refractivity contribution >= 4 is 23.6 Å². The zero-order chi connectivity index (χ0) is 16.9. The van der Waals surface area contributed by atoms with Crippen molar-refractivity contribution in [3.8, 4) is 5.75 Å². The molecule has 1 aliphatic carbocycles. The molecular formula is C17H23NO4S. The number of nitrogens with zero attached hydrogens (tertiary/aromatic N) is 1. The molecule has 0 spiro atoms. The maximum atomic E-state index is 12.5. The highest BCUT2D eigenvalue weighted by molar-refractivity contribution is 8.00. The largest absolute Gasteiger partial charge is 0.497 e. The lowest BCUT2D eigenvalue weighted by Crippen LogP contribution is -2.56. The summed E-state index contributed by atoms with van der Waals surface area (Å²) in [5, 5.41) is 9.64. The smallest absolute Gasteiger partial charge is 0.329 e. The first kappa shape index (κ1) is 17.7. The summed E-state index contributed by atoms with van der Waals surface area (Å²) in [6, 6.07) is 7.49. The van der Waals surface area contributed by atoms with Crippen molar-refractivity contribution in [3.05, 3.63) is 24.3 Å². The van der Waals surface area contributed by atoms with Gasteiger partial charge in [0.25, 0.3) is 0 Å². The lowest BCUT2D eigenvalue weighted by molar-refractivity contribution is -0.159. The van der Waals surface area contributed by atoms with E-state index >= 15 is 0 Å². The quantitative estimate of drug-likeness (QED) is 0.808. The van der Waals surface area contributed by atoms with Crippen LogP contribution in [-0.2, 0) is 9.59 Å². The lowest BCUT2D eigenvalue weighted by atomic mass is 9.80. The maximum Gasteiger partial charge on any atom is 0.329 e. The number of rotatable bonds is 6. The Morgan fingerprint density at radius 2 is 2.00 bits per heavy atom. The number of methoxy groups -OCH3 is 1. The van der Waals surface area contributed by atoms with E-state index in [4.69, 9.17) is 4.74 Å². The minimum atomic E-state index is -1.04. The fourth-order valence-electron chi connectivity index (χ4n) is 3.00. The second kappa shape index (κ2) is 7.73. The van der Waals surface area contributed by atoms with Gasteiger partial charge in [0.2, 0.25) is 5.91 Å². The normalized spacial score (nSPS) is 16.6. The van der Waals surface area contributed by atoms with Gasteiger partial charge >= 0.3 is 5.97 Å². The predicted octanol–water partition coefficient (Wildman–Crippen LogP) is 3.03. The van der Waals surface area contributed by atoms with E-state index in [1.54, 1.807) is 14.2 Å². The number of hydrogen-bond donors (Lipinski definition) is 1. The molecule has 1 saturated carbocycles. The molecule has 23 heavy (non-hydrogen) atoms. The van der Waals surface area contributed by atoms with Crippen LogP contribution in [0.2, 0.25) is 0 Å². The number of likely N-dealkylation sites (N-methyl/N-ethyl adjacent to an activating group) is 1. The van der Waals surface area contributed by atoms with E-state index < -0.39 is 11.5 Å². The number of hydrogen-bond acceptors (Lipinski definition) is 4. The van der Waals surface area contributed by atoms with Crippen LogP contribution < -0.4 is 4.74 Å². The first-order valence-electron chi connectivity index (χ1n) is 7.76. The molecule has 0 aromatic heterocycles. The average molecular weight is 337 g/mol. The van der Waals surface area contributed by atoms with E-state index in [1.165, 1.54) is 16.7 Å². The van der Waals surface area contributed by atoms with Crippen molar-refractivity contribution in [1.29, 1.82) is 0 Å². The van der Waals surface area contributed by atoms with Crippen molar-refractivity contribution in [2.45, 2.75) is 42.5 Å². The van der Waals surface area contributed by atoms with Crippen molar-refractivity contribution in [3.63, 3.8) is 0 Å². The van der Waals surface area contributed by atoms with E-state index in [-0.39, 0.29) is 11.7 Å². The van der Waals surface area contributed by atoms with Gasteiger partial charge in [-0.15, -0.1) is 11.8 Å². The zero-order valence-electron chi connectivity index (χ0n) is 13.6. The topological polar surface area (TPSA) is 66.8 Å². The number of ether oxygens (including phenoxy) is 1. The van der Waals surface area contributed by atoms with Gasteiger partial charge in [-0.05, 0) is 31.0 Å². The summed E-state index contributed by atoms with van der Waals surface area (Å²) < 4.78 is 5.17. The predicted molar refractivity (Wildman–Crippen MR) is 89.9 cm³/mol. The van der Waals surface area contributed by atoms with E-state index in [0.717, 1.165) is 29.9 Å². The second-order valence-corrected chi connectivity index (χ2v) is 6.87. The molecule has 6 heteroatoms. The van der Waals surface area contributed by atoms with Crippen LogP contribution in [0.25, 0.3) is 0 Å². The molecule has 0 radical (unpaired) electrons. The number of thioether (sulfide) groups is 1. The van der Waals surface area contributed by atoms with Crippen LogP contribution in [-0.4, -0.2) is 47.3 Å². The van der Waals surface area contributed by atoms with Gasteiger partial charge in [-0.3, -0.25) is 4.79 Å². The molecular weight excluding hydrogens is 314 g/mol. The van der Waals surface area contributed by atoms with E-state index in [0.29, 0.717) is 12.8 Å². The van der Waals surface area contributed by atoms with Crippen LogP contribution in [0.5, 0.6) is 5.75 Å². The number of amides is 1. The van der Waals surface area contributed by atoms with Gasteiger partial charge in [0, 0.05) is 11.9 Å². The number of carboxylic acids is 1. The minimum Gasteiger partial charge on any atom is -0.497 e. The number of carbonyl (C=O) groups excluding carboxylic acids is 1. The Balaban J connectivity index is 2.02. The van der Waals surface area contributed by atoms with Crippen LogP contribution in [0, 0.1) is 0 Å². The van der Waals surface area contributed by atoms with Crippen molar-refractivity contribution in [2.75, 3.05) is 19.9 Å². The number of benzene rings is 1. The van der Waals surface area contributed by atoms with Gasteiger partial charge in [-0.1, -0.05) is 25.3 Å². The number of carbonyl (C=O) groups is 2. The number of aliphatic carboxylic acids is 1. The highest BCUT2D eigenvalue weighted by atomic mass is 32.2. The Morgan fingerprint density at radius 3 is 2.61 bits per heavy atom. The first-order chi connectivity index (χ1) is 11.0. The molecule has 0 aliphatic heterocycles. The molecule has 1 aromatic carbocycles. The Morgan fingerprint density at radius 1 is 1.30 bits per heavy atom. The third kappa shape index (κ3) is 3.99. The summed E-state index contributed by atoms with van der Waals surface area (Å²) in [7, 11) is 3.22. The Hall–Kier alpha value is -1.69. The molecule has 0 unspecified atom stereocenters. The van der Waals surface area contributed by atoms with Crippen LogP contribution >= 0.6 is 11.8 Å². The molecule has 1 N–H and O–H groups in total. The maximum absolute atomic E-state index is 12.5. The van der Waals surface area contributed by atoms with Crippen molar-refractivity contribution in [1.82, 2.24) is 4.90 Å². The molecule has 1 fully saturated rings. The molecule has 1 aliphatic rings. The Labute approximate surface area is 141 Å². The molecule has 0 bridgehead atoms. The SMILES string of the molecule is COc1cccc(SCC(=O)N(C)C2(C(=O)O)CCCCC2)c1. The molecule has 2 rings (SSSR count). The summed E-state index contributed by atoms with van der Waals surface area (Å²) in [5.41, 5.74) is -1.04. The highest BCUT2D eigenvalue weighted by Gasteiger charge is 2.45. The van der Waals surface area contributed by atoms with E-state index in [2.05, 4.69) is 0 Å². The summed E-state index contributed by atoms with van der Waals surface area (Å²) in [6.07, 6.45) is 3.82. The van der Waals surface area contributed by atoms with Crippen LogP contribution in [0.15, 0.2) is 29.2 Å². The Kier molecular flexibility index (Phi) is 5.93. The highest BCUT2D eigenvalue weighted by Crippen LogP contribution is 2.34. The lowest BCUT2D eigenvalue weighted by Gasteiger charge is -2.41. The third-order valence-electron chi connectivity index (χ3n) is 4.50. The third-order valence-corrected chi connectivity index (χ3v) is 5.48. The monoisotopic (exact) mass is 337 g/mol. The van der Waals surface area contributed by atoms with Crippen LogP contribution in [0.1, 0.15) is 32.1 Å². The first-order valence-corrected chi connectivity index (χ1v) is 8.75. The van der Waals surface area contributed by atoms with Crippen molar-refractivity contribution < 1.29 is 19.4 Å². The standard InChI is InChI=1S/C17H23NO4S/c1-18(17(16(20)21)9-4-3-5-10-17)15(19)12-23-14-8-6-7-13(11-14)22-2/h6-8,11H,3-5,9-10,12H2,1-2H3,(H,20,21). The van der Waals surface area contributed by atoms with Gasteiger partial charge in [-0.25, -0.2) is 4.79 Å². The Bertz CT molecular complexity index is 569. The van der Waals surface area contributed by atoms with Gasteiger partial charge in [0.05, 0.1) is 12.9 Å². The van der Waals surface area contributed by atoms with Gasteiger partial charge in [0.1, 0.15) is 11.3 Å². The summed E-state index contributed by atoms with van der Waals surface area (Å²) in [4.78, 5) is 26.6. The minimum absolute atomic E-state index is 0.151.